The minimum atomic E-state index is -0.0440. The lowest BCUT2D eigenvalue weighted by Crippen LogP contribution is -2.39. The van der Waals surface area contributed by atoms with Crippen molar-refractivity contribution in [3.8, 4) is 0 Å². The van der Waals surface area contributed by atoms with E-state index in [1.165, 1.54) is 0 Å². The monoisotopic (exact) mass is 373 g/mol. The number of piperidine rings is 1. The van der Waals surface area contributed by atoms with Crippen LogP contribution in [0.25, 0.3) is 0 Å². The fraction of sp³-hybridized carbons (Fsp3) is 0.444. The first-order chi connectivity index (χ1) is 12.6. The number of nitrogens with zero attached hydrogens (tertiary/aromatic N) is 5. The lowest BCUT2D eigenvalue weighted by molar-refractivity contribution is -0.117. The van der Waals surface area contributed by atoms with Gasteiger partial charge in [-0.05, 0) is 37.5 Å². The molecule has 4 rings (SSSR count). The maximum atomic E-state index is 12.9. The molecule has 0 atom stereocenters. The predicted octanol–water partition coefficient (Wildman–Crippen LogP) is 2.54. The molecule has 0 saturated carbocycles. The largest absolute Gasteiger partial charge is 0.338 e. The SMILES string of the molecule is O=C(c1cc(Cl)cc(N2CCCC2=O)c1)N1CCC(n2ccnn2)CC1. The Hall–Kier alpha value is -2.41. The number of rotatable bonds is 3. The molecule has 2 saturated heterocycles. The summed E-state index contributed by atoms with van der Waals surface area (Å²) in [6.07, 6.45) is 6.60. The summed E-state index contributed by atoms with van der Waals surface area (Å²) in [5.74, 6) is 0.0387. The van der Waals surface area contributed by atoms with Gasteiger partial charge in [0.25, 0.3) is 5.91 Å². The highest BCUT2D eigenvalue weighted by atomic mass is 35.5. The van der Waals surface area contributed by atoms with E-state index in [-0.39, 0.29) is 17.9 Å². The molecule has 0 bridgehead atoms. The summed E-state index contributed by atoms with van der Waals surface area (Å²) in [4.78, 5) is 28.5. The number of aromatic nitrogens is 3. The molecule has 0 radical (unpaired) electrons. The number of carbonyl (C=O) groups excluding carboxylic acids is 2. The third-order valence-corrected chi connectivity index (χ3v) is 5.30. The van der Waals surface area contributed by atoms with Gasteiger partial charge in [0.05, 0.1) is 12.2 Å². The molecule has 26 heavy (non-hydrogen) atoms. The Balaban J connectivity index is 1.48. The molecule has 7 nitrogen and oxygen atoms in total. The summed E-state index contributed by atoms with van der Waals surface area (Å²) in [5.41, 5.74) is 1.24. The molecule has 2 aliphatic heterocycles. The average Bonchev–Trinajstić information content (AvgIpc) is 3.32. The number of anilines is 1. The number of amides is 2. The zero-order chi connectivity index (χ0) is 18.1. The minimum Gasteiger partial charge on any atom is -0.338 e. The smallest absolute Gasteiger partial charge is 0.253 e. The Kier molecular flexibility index (Phi) is 4.63. The van der Waals surface area contributed by atoms with Gasteiger partial charge in [0, 0.05) is 48.5 Å². The number of halogens is 1. The van der Waals surface area contributed by atoms with Gasteiger partial charge in [-0.2, -0.15) is 0 Å². The predicted molar refractivity (Wildman–Crippen MR) is 97.2 cm³/mol. The van der Waals surface area contributed by atoms with Crippen LogP contribution in [-0.4, -0.2) is 51.3 Å². The van der Waals surface area contributed by atoms with Gasteiger partial charge in [0.15, 0.2) is 0 Å². The van der Waals surface area contributed by atoms with E-state index in [0.717, 1.165) is 19.3 Å². The molecule has 0 spiro atoms. The molecule has 2 fully saturated rings. The second kappa shape index (κ2) is 7.07. The van der Waals surface area contributed by atoms with Crippen LogP contribution in [0.1, 0.15) is 42.1 Å². The molecule has 0 N–H and O–H groups in total. The van der Waals surface area contributed by atoms with Crippen molar-refractivity contribution >= 4 is 29.1 Å². The van der Waals surface area contributed by atoms with Crippen molar-refractivity contribution in [1.82, 2.24) is 19.9 Å². The van der Waals surface area contributed by atoms with Crippen LogP contribution in [-0.2, 0) is 4.79 Å². The van der Waals surface area contributed by atoms with Crippen molar-refractivity contribution in [2.45, 2.75) is 31.7 Å². The second-order valence-electron chi connectivity index (χ2n) is 6.75. The van der Waals surface area contributed by atoms with E-state index in [1.807, 2.05) is 15.8 Å². The van der Waals surface area contributed by atoms with Crippen LogP contribution in [0.4, 0.5) is 5.69 Å². The van der Waals surface area contributed by atoms with Gasteiger partial charge in [0.2, 0.25) is 5.91 Å². The topological polar surface area (TPSA) is 71.3 Å². The van der Waals surface area contributed by atoms with Gasteiger partial charge >= 0.3 is 0 Å². The normalized spacial score (nSPS) is 18.6. The number of likely N-dealkylation sites (tertiary alicyclic amines) is 1. The van der Waals surface area contributed by atoms with Crippen LogP contribution in [0.3, 0.4) is 0 Å². The zero-order valence-corrected chi connectivity index (χ0v) is 15.1. The van der Waals surface area contributed by atoms with Crippen molar-refractivity contribution in [2.75, 3.05) is 24.5 Å². The summed E-state index contributed by atoms with van der Waals surface area (Å²) in [6, 6.07) is 5.48. The molecular formula is C18H20ClN5O2. The molecular weight excluding hydrogens is 354 g/mol. The summed E-state index contributed by atoms with van der Waals surface area (Å²) in [6.45, 7) is 2.00. The number of carbonyl (C=O) groups is 2. The maximum Gasteiger partial charge on any atom is 0.253 e. The lowest BCUT2D eigenvalue weighted by atomic mass is 10.0. The number of hydrogen-bond donors (Lipinski definition) is 0. The van der Waals surface area contributed by atoms with Crippen LogP contribution in [0.2, 0.25) is 5.02 Å². The first-order valence-electron chi connectivity index (χ1n) is 8.88. The molecule has 3 heterocycles. The van der Waals surface area contributed by atoms with E-state index in [9.17, 15) is 9.59 Å². The zero-order valence-electron chi connectivity index (χ0n) is 14.3. The van der Waals surface area contributed by atoms with Gasteiger partial charge in [-0.25, -0.2) is 4.68 Å². The first-order valence-corrected chi connectivity index (χ1v) is 9.25. The van der Waals surface area contributed by atoms with Gasteiger partial charge in [-0.1, -0.05) is 16.8 Å². The molecule has 1 aromatic carbocycles. The fourth-order valence-electron chi connectivity index (χ4n) is 3.70. The van der Waals surface area contributed by atoms with Crippen molar-refractivity contribution in [3.05, 3.63) is 41.2 Å². The molecule has 2 aliphatic rings. The third kappa shape index (κ3) is 3.31. The van der Waals surface area contributed by atoms with Gasteiger partial charge < -0.3 is 9.80 Å². The van der Waals surface area contributed by atoms with E-state index < -0.39 is 0 Å². The Morgan fingerprint density at radius 3 is 2.62 bits per heavy atom. The molecule has 8 heteroatoms. The van der Waals surface area contributed by atoms with Crippen molar-refractivity contribution in [1.29, 1.82) is 0 Å². The summed E-state index contributed by atoms with van der Waals surface area (Å²) in [7, 11) is 0. The molecule has 2 aromatic rings. The van der Waals surface area contributed by atoms with E-state index in [1.54, 1.807) is 29.3 Å². The minimum absolute atomic E-state index is 0.0440. The number of hydrogen-bond acceptors (Lipinski definition) is 4. The van der Waals surface area contributed by atoms with Crippen LogP contribution in [0.15, 0.2) is 30.6 Å². The highest BCUT2D eigenvalue weighted by Crippen LogP contribution is 2.28. The second-order valence-corrected chi connectivity index (χ2v) is 7.19. The van der Waals surface area contributed by atoms with Crippen molar-refractivity contribution in [3.63, 3.8) is 0 Å². The first kappa shape index (κ1) is 17.0. The molecule has 0 unspecified atom stereocenters. The van der Waals surface area contributed by atoms with E-state index in [4.69, 9.17) is 11.6 Å². The lowest BCUT2D eigenvalue weighted by Gasteiger charge is -2.32. The Bertz CT molecular complexity index is 815. The Morgan fingerprint density at radius 1 is 1.15 bits per heavy atom. The molecule has 0 aliphatic carbocycles. The quantitative estimate of drug-likeness (QED) is 0.828. The van der Waals surface area contributed by atoms with E-state index in [2.05, 4.69) is 10.3 Å². The fourth-order valence-corrected chi connectivity index (χ4v) is 3.93. The number of benzene rings is 1. The van der Waals surface area contributed by atoms with Crippen LogP contribution >= 0.6 is 11.6 Å². The van der Waals surface area contributed by atoms with Gasteiger partial charge in [-0.3, -0.25) is 9.59 Å². The van der Waals surface area contributed by atoms with Crippen molar-refractivity contribution < 1.29 is 9.59 Å². The molecule has 2 amide bonds. The van der Waals surface area contributed by atoms with Crippen LogP contribution in [0, 0.1) is 0 Å². The molecule has 136 valence electrons. The van der Waals surface area contributed by atoms with E-state index >= 15 is 0 Å². The molecule has 1 aromatic heterocycles. The maximum absolute atomic E-state index is 12.9. The summed E-state index contributed by atoms with van der Waals surface area (Å²) >= 11 is 6.22. The Morgan fingerprint density at radius 2 is 1.96 bits per heavy atom. The standard InChI is InChI=1S/C18H20ClN5O2/c19-14-10-13(11-16(12-14)23-6-1-2-17(23)25)18(26)22-7-3-15(4-8-22)24-9-5-20-21-24/h5,9-12,15H,1-4,6-8H2. The summed E-state index contributed by atoms with van der Waals surface area (Å²) < 4.78 is 1.86. The highest BCUT2D eigenvalue weighted by Gasteiger charge is 2.27. The Labute approximate surface area is 156 Å². The van der Waals surface area contributed by atoms with Crippen LogP contribution < -0.4 is 4.90 Å². The van der Waals surface area contributed by atoms with Crippen molar-refractivity contribution in [2.24, 2.45) is 0 Å². The highest BCUT2D eigenvalue weighted by molar-refractivity contribution is 6.31. The van der Waals surface area contributed by atoms with E-state index in [0.29, 0.717) is 42.3 Å². The van der Waals surface area contributed by atoms with Gasteiger partial charge in [-0.15, -0.1) is 5.10 Å². The average molecular weight is 374 g/mol. The van der Waals surface area contributed by atoms with Crippen LogP contribution in [0.5, 0.6) is 0 Å². The third-order valence-electron chi connectivity index (χ3n) is 5.08. The van der Waals surface area contributed by atoms with Gasteiger partial charge in [0.1, 0.15) is 0 Å². The summed E-state index contributed by atoms with van der Waals surface area (Å²) in [5, 5.41) is 8.37.